The summed E-state index contributed by atoms with van der Waals surface area (Å²) in [6.45, 7) is 4.17. The number of benzene rings is 1. The predicted octanol–water partition coefficient (Wildman–Crippen LogP) is 5.04. The molecular formula is C19H25F3O2. The highest BCUT2D eigenvalue weighted by atomic mass is 19.2. The standard InChI is InChI=1S/C19H25F3O2/c1-3-12-5-7-14(8-6-12)15(19(23)24-4-2)9-13-10-16(20)18(22)17(21)11-13/h10-12,14-15H,3-9H2,1-2H3. The van der Waals surface area contributed by atoms with E-state index in [1.807, 2.05) is 0 Å². The molecule has 2 rings (SSSR count). The van der Waals surface area contributed by atoms with Crippen molar-refractivity contribution in [2.45, 2.75) is 52.4 Å². The fourth-order valence-corrected chi connectivity index (χ4v) is 3.67. The number of carbonyl (C=O) groups is 1. The van der Waals surface area contributed by atoms with Crippen LogP contribution in [0.4, 0.5) is 13.2 Å². The van der Waals surface area contributed by atoms with Crippen LogP contribution in [0.1, 0.15) is 51.5 Å². The largest absolute Gasteiger partial charge is 0.466 e. The van der Waals surface area contributed by atoms with Crippen molar-refractivity contribution in [1.29, 1.82) is 0 Å². The Morgan fingerprint density at radius 2 is 1.71 bits per heavy atom. The summed E-state index contributed by atoms with van der Waals surface area (Å²) in [6.07, 6.45) is 5.24. The van der Waals surface area contributed by atoms with Gasteiger partial charge in [-0.25, -0.2) is 13.2 Å². The summed E-state index contributed by atoms with van der Waals surface area (Å²) in [5.41, 5.74) is 0.294. The first-order valence-electron chi connectivity index (χ1n) is 8.76. The maximum Gasteiger partial charge on any atom is 0.309 e. The zero-order chi connectivity index (χ0) is 17.7. The monoisotopic (exact) mass is 342 g/mol. The molecule has 134 valence electrons. The van der Waals surface area contributed by atoms with Gasteiger partial charge < -0.3 is 4.74 Å². The van der Waals surface area contributed by atoms with Crippen LogP contribution in [0.25, 0.3) is 0 Å². The van der Waals surface area contributed by atoms with Crippen LogP contribution in [0, 0.1) is 35.2 Å². The normalized spacial score (nSPS) is 22.2. The van der Waals surface area contributed by atoms with E-state index in [0.29, 0.717) is 11.5 Å². The van der Waals surface area contributed by atoms with Gasteiger partial charge in [-0.1, -0.05) is 26.2 Å². The van der Waals surface area contributed by atoms with Crippen molar-refractivity contribution in [2.75, 3.05) is 6.61 Å². The molecule has 0 N–H and O–H groups in total. The molecule has 1 aliphatic rings. The second kappa shape index (κ2) is 8.54. The molecule has 1 fully saturated rings. The lowest BCUT2D eigenvalue weighted by atomic mass is 9.73. The smallest absolute Gasteiger partial charge is 0.309 e. The molecule has 1 unspecified atom stereocenters. The van der Waals surface area contributed by atoms with E-state index in [2.05, 4.69) is 6.92 Å². The van der Waals surface area contributed by atoms with Crippen LogP contribution in [0.3, 0.4) is 0 Å². The minimum absolute atomic E-state index is 0.142. The molecule has 24 heavy (non-hydrogen) atoms. The van der Waals surface area contributed by atoms with Crippen molar-refractivity contribution >= 4 is 5.97 Å². The van der Waals surface area contributed by atoms with Gasteiger partial charge >= 0.3 is 5.97 Å². The number of carbonyl (C=O) groups excluding carboxylic acids is 1. The summed E-state index contributed by atoms with van der Waals surface area (Å²) in [4.78, 5) is 12.4. The lowest BCUT2D eigenvalue weighted by Gasteiger charge is -2.32. The molecule has 0 spiro atoms. The maximum atomic E-state index is 13.4. The highest BCUT2D eigenvalue weighted by Crippen LogP contribution is 2.37. The Morgan fingerprint density at radius 3 is 2.21 bits per heavy atom. The average Bonchev–Trinajstić information content (AvgIpc) is 2.57. The van der Waals surface area contributed by atoms with Gasteiger partial charge in [0, 0.05) is 0 Å². The van der Waals surface area contributed by atoms with Crippen molar-refractivity contribution in [2.24, 2.45) is 17.8 Å². The van der Waals surface area contributed by atoms with Crippen molar-refractivity contribution < 1.29 is 22.7 Å². The summed E-state index contributed by atoms with van der Waals surface area (Å²) in [6, 6.07) is 1.95. The summed E-state index contributed by atoms with van der Waals surface area (Å²) < 4.78 is 45.2. The third-order valence-corrected chi connectivity index (χ3v) is 5.13. The third kappa shape index (κ3) is 4.52. The van der Waals surface area contributed by atoms with Crippen LogP contribution in [-0.2, 0) is 16.0 Å². The number of halogens is 3. The van der Waals surface area contributed by atoms with Crippen LogP contribution in [0.2, 0.25) is 0 Å². The van der Waals surface area contributed by atoms with E-state index in [1.165, 1.54) is 0 Å². The Labute approximate surface area is 141 Å². The maximum absolute atomic E-state index is 13.4. The molecule has 0 saturated heterocycles. The fraction of sp³-hybridized carbons (Fsp3) is 0.632. The highest BCUT2D eigenvalue weighted by molar-refractivity contribution is 5.73. The first-order chi connectivity index (χ1) is 11.5. The third-order valence-electron chi connectivity index (χ3n) is 5.13. The predicted molar refractivity (Wildman–Crippen MR) is 85.9 cm³/mol. The first kappa shape index (κ1) is 18.8. The highest BCUT2D eigenvalue weighted by Gasteiger charge is 2.33. The molecule has 0 amide bonds. The van der Waals surface area contributed by atoms with E-state index in [1.54, 1.807) is 6.92 Å². The summed E-state index contributed by atoms with van der Waals surface area (Å²) >= 11 is 0. The van der Waals surface area contributed by atoms with Gasteiger partial charge in [0.25, 0.3) is 0 Å². The van der Waals surface area contributed by atoms with Crippen LogP contribution in [0.15, 0.2) is 12.1 Å². The molecule has 0 heterocycles. The summed E-state index contributed by atoms with van der Waals surface area (Å²) in [5.74, 6) is -3.86. The van der Waals surface area contributed by atoms with Crippen molar-refractivity contribution in [1.82, 2.24) is 0 Å². The Hall–Kier alpha value is -1.52. The molecule has 2 nitrogen and oxygen atoms in total. The van der Waals surface area contributed by atoms with E-state index < -0.39 is 23.4 Å². The summed E-state index contributed by atoms with van der Waals surface area (Å²) in [5, 5.41) is 0. The minimum Gasteiger partial charge on any atom is -0.466 e. The van der Waals surface area contributed by atoms with Crippen LogP contribution >= 0.6 is 0 Å². The van der Waals surface area contributed by atoms with E-state index in [4.69, 9.17) is 4.74 Å². The Morgan fingerprint density at radius 1 is 1.12 bits per heavy atom. The van der Waals surface area contributed by atoms with E-state index in [0.717, 1.165) is 44.2 Å². The van der Waals surface area contributed by atoms with Gasteiger partial charge in [-0.15, -0.1) is 0 Å². The number of ether oxygens (including phenoxy) is 1. The topological polar surface area (TPSA) is 26.3 Å². The van der Waals surface area contributed by atoms with Gasteiger partial charge in [0.15, 0.2) is 17.5 Å². The molecule has 0 radical (unpaired) electrons. The molecule has 1 aromatic rings. The zero-order valence-electron chi connectivity index (χ0n) is 14.3. The van der Waals surface area contributed by atoms with Crippen LogP contribution in [-0.4, -0.2) is 12.6 Å². The van der Waals surface area contributed by atoms with E-state index >= 15 is 0 Å². The Bertz CT molecular complexity index is 543. The molecule has 0 aliphatic heterocycles. The van der Waals surface area contributed by atoms with Crippen molar-refractivity contribution in [3.63, 3.8) is 0 Å². The number of rotatable bonds is 6. The molecule has 1 aromatic carbocycles. The molecular weight excluding hydrogens is 317 g/mol. The SMILES string of the molecule is CCOC(=O)C(Cc1cc(F)c(F)c(F)c1)C1CCC(CC)CC1. The lowest BCUT2D eigenvalue weighted by Crippen LogP contribution is -2.31. The van der Waals surface area contributed by atoms with E-state index in [-0.39, 0.29) is 24.9 Å². The average molecular weight is 342 g/mol. The van der Waals surface area contributed by atoms with Crippen molar-refractivity contribution in [3.8, 4) is 0 Å². The fourth-order valence-electron chi connectivity index (χ4n) is 3.67. The second-order valence-corrected chi connectivity index (χ2v) is 6.63. The van der Waals surface area contributed by atoms with Gasteiger partial charge in [-0.05, 0) is 55.7 Å². The van der Waals surface area contributed by atoms with Crippen LogP contribution < -0.4 is 0 Å². The van der Waals surface area contributed by atoms with Crippen LogP contribution in [0.5, 0.6) is 0 Å². The Balaban J connectivity index is 2.16. The van der Waals surface area contributed by atoms with Gasteiger partial charge in [-0.2, -0.15) is 0 Å². The molecule has 1 saturated carbocycles. The number of hydrogen-bond acceptors (Lipinski definition) is 2. The Kier molecular flexibility index (Phi) is 6.69. The summed E-state index contributed by atoms with van der Waals surface area (Å²) in [7, 11) is 0. The van der Waals surface area contributed by atoms with Gasteiger partial charge in [0.2, 0.25) is 0 Å². The number of hydrogen-bond donors (Lipinski definition) is 0. The van der Waals surface area contributed by atoms with E-state index in [9.17, 15) is 18.0 Å². The second-order valence-electron chi connectivity index (χ2n) is 6.63. The molecule has 1 aliphatic carbocycles. The van der Waals surface area contributed by atoms with Gasteiger partial charge in [0.1, 0.15) is 0 Å². The van der Waals surface area contributed by atoms with Crippen molar-refractivity contribution in [3.05, 3.63) is 35.1 Å². The minimum atomic E-state index is -1.48. The van der Waals surface area contributed by atoms with Gasteiger partial charge in [0.05, 0.1) is 12.5 Å². The number of esters is 1. The zero-order valence-corrected chi connectivity index (χ0v) is 14.3. The molecule has 0 aromatic heterocycles. The lowest BCUT2D eigenvalue weighted by molar-refractivity contribution is -0.150. The molecule has 5 heteroatoms. The first-order valence-corrected chi connectivity index (χ1v) is 8.76. The van der Waals surface area contributed by atoms with Gasteiger partial charge in [-0.3, -0.25) is 4.79 Å². The quantitative estimate of drug-likeness (QED) is 0.535. The molecule has 0 bridgehead atoms. The molecule has 1 atom stereocenters.